The minimum absolute atomic E-state index is 0. The first-order valence-electron chi connectivity index (χ1n) is 6.48. The smallest absolute Gasteiger partial charge is 0.316 e. The highest BCUT2D eigenvalue weighted by Crippen LogP contribution is 2.15. The standard InChI is InChI=1S/C13H21N3O.ClH/c1-11-6-8-15-13(16-11)17-9-3-5-12-4-2-7-14-10-12;/h6,8,12,14H,2-5,7,9-10H2,1H3;1H. The molecule has 1 aliphatic rings. The molecule has 102 valence electrons. The molecule has 5 heteroatoms. The molecule has 1 fully saturated rings. The monoisotopic (exact) mass is 271 g/mol. The Morgan fingerprint density at radius 2 is 2.39 bits per heavy atom. The van der Waals surface area contributed by atoms with Gasteiger partial charge in [-0.2, -0.15) is 0 Å². The maximum atomic E-state index is 5.54. The molecule has 0 saturated carbocycles. The molecule has 1 aromatic rings. The van der Waals surface area contributed by atoms with Crippen LogP contribution in [0.2, 0.25) is 0 Å². The molecular weight excluding hydrogens is 250 g/mol. The Morgan fingerprint density at radius 3 is 3.11 bits per heavy atom. The summed E-state index contributed by atoms with van der Waals surface area (Å²) in [6.45, 7) is 5.02. The number of piperidine rings is 1. The first-order chi connectivity index (χ1) is 8.34. The fourth-order valence-corrected chi connectivity index (χ4v) is 2.20. The molecule has 0 amide bonds. The van der Waals surface area contributed by atoms with Crippen molar-refractivity contribution < 1.29 is 4.74 Å². The van der Waals surface area contributed by atoms with Gasteiger partial charge < -0.3 is 10.1 Å². The third-order valence-corrected chi connectivity index (χ3v) is 3.16. The quantitative estimate of drug-likeness (QED) is 0.836. The number of ether oxygens (including phenoxy) is 1. The molecule has 0 aliphatic carbocycles. The minimum Gasteiger partial charge on any atom is -0.463 e. The summed E-state index contributed by atoms with van der Waals surface area (Å²) in [5, 5.41) is 3.44. The molecule has 0 radical (unpaired) electrons. The van der Waals surface area contributed by atoms with E-state index in [1.54, 1.807) is 6.20 Å². The molecule has 4 nitrogen and oxygen atoms in total. The van der Waals surface area contributed by atoms with Crippen molar-refractivity contribution in [1.82, 2.24) is 15.3 Å². The van der Waals surface area contributed by atoms with Crippen LogP contribution in [0.15, 0.2) is 12.3 Å². The number of aryl methyl sites for hydroxylation is 1. The summed E-state index contributed by atoms with van der Waals surface area (Å²) in [6.07, 6.45) is 6.73. The van der Waals surface area contributed by atoms with Crippen molar-refractivity contribution in [2.24, 2.45) is 5.92 Å². The Kier molecular flexibility index (Phi) is 6.98. The molecular formula is C13H22ClN3O. The van der Waals surface area contributed by atoms with Gasteiger partial charge in [-0.05, 0) is 57.7 Å². The second-order valence-electron chi connectivity index (χ2n) is 4.68. The Balaban J connectivity index is 0.00000162. The number of rotatable bonds is 5. The van der Waals surface area contributed by atoms with Gasteiger partial charge in [0.1, 0.15) is 0 Å². The lowest BCUT2D eigenvalue weighted by atomic mass is 9.95. The molecule has 1 aromatic heterocycles. The van der Waals surface area contributed by atoms with E-state index in [4.69, 9.17) is 4.74 Å². The highest BCUT2D eigenvalue weighted by molar-refractivity contribution is 5.85. The Labute approximate surface area is 115 Å². The Morgan fingerprint density at radius 1 is 1.50 bits per heavy atom. The van der Waals surface area contributed by atoms with Gasteiger partial charge in [-0.25, -0.2) is 9.97 Å². The summed E-state index contributed by atoms with van der Waals surface area (Å²) in [7, 11) is 0. The van der Waals surface area contributed by atoms with Crippen LogP contribution in [0.5, 0.6) is 6.01 Å². The van der Waals surface area contributed by atoms with Crippen molar-refractivity contribution >= 4 is 12.4 Å². The predicted octanol–water partition coefficient (Wildman–Crippen LogP) is 2.37. The highest BCUT2D eigenvalue weighted by atomic mass is 35.5. The molecule has 1 saturated heterocycles. The van der Waals surface area contributed by atoms with Crippen LogP contribution in [0, 0.1) is 12.8 Å². The number of halogens is 1. The van der Waals surface area contributed by atoms with Gasteiger partial charge in [0.05, 0.1) is 6.61 Å². The van der Waals surface area contributed by atoms with Crippen molar-refractivity contribution in [3.8, 4) is 6.01 Å². The van der Waals surface area contributed by atoms with E-state index in [2.05, 4.69) is 15.3 Å². The number of nitrogens with one attached hydrogen (secondary N) is 1. The fourth-order valence-electron chi connectivity index (χ4n) is 2.20. The molecule has 0 spiro atoms. The van der Waals surface area contributed by atoms with E-state index >= 15 is 0 Å². The largest absolute Gasteiger partial charge is 0.463 e. The van der Waals surface area contributed by atoms with E-state index in [1.807, 2.05) is 13.0 Å². The van der Waals surface area contributed by atoms with E-state index in [0.29, 0.717) is 6.01 Å². The normalized spacial score (nSPS) is 19.1. The van der Waals surface area contributed by atoms with Crippen LogP contribution in [0.25, 0.3) is 0 Å². The lowest BCUT2D eigenvalue weighted by Gasteiger charge is -2.22. The number of aromatic nitrogens is 2. The lowest BCUT2D eigenvalue weighted by Crippen LogP contribution is -2.29. The maximum absolute atomic E-state index is 5.54. The molecule has 1 atom stereocenters. The molecule has 0 bridgehead atoms. The molecule has 1 N–H and O–H groups in total. The number of nitrogens with zero attached hydrogens (tertiary/aromatic N) is 2. The van der Waals surface area contributed by atoms with E-state index < -0.39 is 0 Å². The van der Waals surface area contributed by atoms with Gasteiger partial charge in [0.2, 0.25) is 0 Å². The highest BCUT2D eigenvalue weighted by Gasteiger charge is 2.12. The van der Waals surface area contributed by atoms with Crippen molar-refractivity contribution in [2.75, 3.05) is 19.7 Å². The molecule has 2 heterocycles. The predicted molar refractivity (Wildman–Crippen MR) is 74.3 cm³/mol. The molecule has 18 heavy (non-hydrogen) atoms. The Hall–Kier alpha value is -0.870. The summed E-state index contributed by atoms with van der Waals surface area (Å²) in [5.74, 6) is 0.825. The third-order valence-electron chi connectivity index (χ3n) is 3.16. The third kappa shape index (κ3) is 5.19. The summed E-state index contributed by atoms with van der Waals surface area (Å²) < 4.78 is 5.54. The van der Waals surface area contributed by atoms with Gasteiger partial charge in [0.25, 0.3) is 0 Å². The van der Waals surface area contributed by atoms with E-state index in [-0.39, 0.29) is 12.4 Å². The molecule has 1 aliphatic heterocycles. The summed E-state index contributed by atoms with van der Waals surface area (Å²) in [5.41, 5.74) is 0.950. The molecule has 2 rings (SSSR count). The van der Waals surface area contributed by atoms with Crippen molar-refractivity contribution in [3.63, 3.8) is 0 Å². The van der Waals surface area contributed by atoms with Gasteiger partial charge in [0, 0.05) is 11.9 Å². The van der Waals surface area contributed by atoms with Gasteiger partial charge >= 0.3 is 6.01 Å². The van der Waals surface area contributed by atoms with Gasteiger partial charge in [0.15, 0.2) is 0 Å². The summed E-state index contributed by atoms with van der Waals surface area (Å²) in [6, 6.07) is 2.38. The van der Waals surface area contributed by atoms with Crippen molar-refractivity contribution in [3.05, 3.63) is 18.0 Å². The number of hydrogen-bond donors (Lipinski definition) is 1. The number of hydrogen-bond acceptors (Lipinski definition) is 4. The van der Waals surface area contributed by atoms with Crippen molar-refractivity contribution in [1.29, 1.82) is 0 Å². The van der Waals surface area contributed by atoms with E-state index in [9.17, 15) is 0 Å². The zero-order valence-electron chi connectivity index (χ0n) is 10.9. The minimum atomic E-state index is 0. The van der Waals surface area contributed by atoms with Gasteiger partial charge in [-0.15, -0.1) is 12.4 Å². The van der Waals surface area contributed by atoms with E-state index in [1.165, 1.54) is 32.4 Å². The van der Waals surface area contributed by atoms with Crippen LogP contribution in [0.3, 0.4) is 0 Å². The summed E-state index contributed by atoms with van der Waals surface area (Å²) >= 11 is 0. The second kappa shape index (κ2) is 8.27. The van der Waals surface area contributed by atoms with Gasteiger partial charge in [-0.1, -0.05) is 0 Å². The zero-order valence-corrected chi connectivity index (χ0v) is 11.7. The SMILES string of the molecule is Cc1ccnc(OCCCC2CCCNC2)n1.Cl. The average molecular weight is 272 g/mol. The topological polar surface area (TPSA) is 47.0 Å². The van der Waals surface area contributed by atoms with Crippen molar-refractivity contribution in [2.45, 2.75) is 32.6 Å². The van der Waals surface area contributed by atoms with Crippen LogP contribution in [0.1, 0.15) is 31.4 Å². The van der Waals surface area contributed by atoms with Crippen LogP contribution in [-0.2, 0) is 0 Å². The van der Waals surface area contributed by atoms with E-state index in [0.717, 1.165) is 24.6 Å². The van der Waals surface area contributed by atoms with Crippen LogP contribution in [-0.4, -0.2) is 29.7 Å². The molecule has 0 aromatic carbocycles. The van der Waals surface area contributed by atoms with Gasteiger partial charge in [-0.3, -0.25) is 0 Å². The second-order valence-corrected chi connectivity index (χ2v) is 4.68. The first kappa shape index (κ1) is 15.2. The van der Waals surface area contributed by atoms with Crippen LogP contribution in [0.4, 0.5) is 0 Å². The lowest BCUT2D eigenvalue weighted by molar-refractivity contribution is 0.259. The van der Waals surface area contributed by atoms with Crippen LogP contribution < -0.4 is 10.1 Å². The average Bonchev–Trinajstić information content (AvgIpc) is 2.36. The molecule has 1 unspecified atom stereocenters. The zero-order chi connectivity index (χ0) is 11.9. The van der Waals surface area contributed by atoms with Crippen LogP contribution >= 0.6 is 12.4 Å². The maximum Gasteiger partial charge on any atom is 0.316 e. The first-order valence-corrected chi connectivity index (χ1v) is 6.48. The summed E-state index contributed by atoms with van der Waals surface area (Å²) in [4.78, 5) is 8.29. The fraction of sp³-hybridized carbons (Fsp3) is 0.692. The Bertz CT molecular complexity index is 343.